The molecule has 116 valence electrons. The third-order valence-electron chi connectivity index (χ3n) is 3.12. The monoisotopic (exact) mass is 314 g/mol. The minimum Gasteiger partial charge on any atom is -0.309 e. The van der Waals surface area contributed by atoms with Crippen LogP contribution in [0.3, 0.4) is 0 Å². The highest BCUT2D eigenvalue weighted by molar-refractivity contribution is 5.91. The maximum Gasteiger partial charge on any atom is 0.230 e. The second-order valence-corrected chi connectivity index (χ2v) is 4.77. The number of amides is 1. The van der Waals surface area contributed by atoms with Crippen LogP contribution >= 0.6 is 0 Å². The zero-order valence-electron chi connectivity index (χ0n) is 11.9. The molecule has 1 amide bonds. The van der Waals surface area contributed by atoms with Gasteiger partial charge in [-0.25, -0.2) is 18.4 Å². The molecule has 1 aromatic carbocycles. The van der Waals surface area contributed by atoms with Gasteiger partial charge in [0, 0.05) is 18.5 Å². The van der Waals surface area contributed by atoms with Crippen LogP contribution in [0.4, 0.5) is 14.6 Å². The summed E-state index contributed by atoms with van der Waals surface area (Å²) in [6.45, 7) is 0. The highest BCUT2D eigenvalue weighted by Crippen LogP contribution is 2.12. The van der Waals surface area contributed by atoms with Gasteiger partial charge < -0.3 is 5.32 Å². The smallest absolute Gasteiger partial charge is 0.230 e. The van der Waals surface area contributed by atoms with Gasteiger partial charge in [0.05, 0.1) is 6.42 Å². The van der Waals surface area contributed by atoms with E-state index in [1.165, 1.54) is 47.4 Å². The predicted molar refractivity (Wildman–Crippen MR) is 80.1 cm³/mol. The summed E-state index contributed by atoms with van der Waals surface area (Å²) in [4.78, 5) is 15.8. The van der Waals surface area contributed by atoms with Crippen LogP contribution in [0.5, 0.6) is 0 Å². The van der Waals surface area contributed by atoms with Crippen molar-refractivity contribution in [3.8, 4) is 5.82 Å². The second-order valence-electron chi connectivity index (χ2n) is 4.77. The van der Waals surface area contributed by atoms with E-state index in [4.69, 9.17) is 0 Å². The number of aromatic nitrogens is 3. The number of benzene rings is 1. The lowest BCUT2D eigenvalue weighted by molar-refractivity contribution is -0.115. The van der Waals surface area contributed by atoms with Crippen molar-refractivity contribution in [3.05, 3.63) is 72.1 Å². The minimum absolute atomic E-state index is 0.0297. The first-order chi connectivity index (χ1) is 11.1. The number of hydrogen-bond acceptors (Lipinski definition) is 3. The van der Waals surface area contributed by atoms with Crippen molar-refractivity contribution in [2.75, 3.05) is 5.32 Å². The van der Waals surface area contributed by atoms with Crippen LogP contribution in [0.2, 0.25) is 0 Å². The molecular weight excluding hydrogens is 302 g/mol. The number of rotatable bonds is 4. The molecule has 5 nitrogen and oxygen atoms in total. The molecule has 7 heteroatoms. The maximum atomic E-state index is 13.6. The second kappa shape index (κ2) is 6.35. The first-order valence-electron chi connectivity index (χ1n) is 6.83. The van der Waals surface area contributed by atoms with E-state index in [2.05, 4.69) is 15.4 Å². The first-order valence-corrected chi connectivity index (χ1v) is 6.83. The molecule has 2 aromatic heterocycles. The summed E-state index contributed by atoms with van der Waals surface area (Å²) in [7, 11) is 0. The van der Waals surface area contributed by atoms with E-state index in [0.717, 1.165) is 0 Å². The number of halogens is 2. The molecule has 0 saturated heterocycles. The molecule has 0 radical (unpaired) electrons. The SMILES string of the molecule is O=C(Cc1ccccc1F)Nc1ccn(-c2ncccc2F)n1. The van der Waals surface area contributed by atoms with Gasteiger partial charge in [-0.2, -0.15) is 0 Å². The van der Waals surface area contributed by atoms with E-state index < -0.39 is 17.5 Å². The largest absolute Gasteiger partial charge is 0.309 e. The lowest BCUT2D eigenvalue weighted by atomic mass is 10.1. The maximum absolute atomic E-state index is 13.6. The van der Waals surface area contributed by atoms with E-state index in [9.17, 15) is 13.6 Å². The third kappa shape index (κ3) is 3.39. The zero-order valence-corrected chi connectivity index (χ0v) is 11.9. The Morgan fingerprint density at radius 2 is 1.87 bits per heavy atom. The Bertz CT molecular complexity index is 847. The lowest BCUT2D eigenvalue weighted by Crippen LogP contribution is -2.16. The fraction of sp³-hybridized carbons (Fsp3) is 0.0625. The van der Waals surface area contributed by atoms with Crippen LogP contribution in [0.15, 0.2) is 54.9 Å². The Morgan fingerprint density at radius 3 is 2.65 bits per heavy atom. The van der Waals surface area contributed by atoms with Crippen LogP contribution in [0.1, 0.15) is 5.56 Å². The molecule has 3 rings (SSSR count). The molecule has 3 aromatic rings. The van der Waals surface area contributed by atoms with Gasteiger partial charge in [0.2, 0.25) is 5.91 Å². The average Bonchev–Trinajstić information content (AvgIpc) is 2.98. The van der Waals surface area contributed by atoms with Crippen LogP contribution in [0.25, 0.3) is 5.82 Å². The van der Waals surface area contributed by atoms with Crippen LogP contribution in [-0.4, -0.2) is 20.7 Å². The van der Waals surface area contributed by atoms with E-state index in [0.29, 0.717) is 5.56 Å². The molecule has 0 aliphatic heterocycles. The minimum atomic E-state index is -0.528. The normalized spacial score (nSPS) is 10.5. The number of carbonyl (C=O) groups is 1. The molecule has 0 aliphatic carbocycles. The molecule has 2 heterocycles. The summed E-state index contributed by atoms with van der Waals surface area (Å²) in [5, 5.41) is 6.57. The summed E-state index contributed by atoms with van der Waals surface area (Å²) >= 11 is 0. The topological polar surface area (TPSA) is 59.8 Å². The molecule has 0 atom stereocenters. The van der Waals surface area contributed by atoms with Gasteiger partial charge in [0.1, 0.15) is 5.82 Å². The summed E-state index contributed by atoms with van der Waals surface area (Å²) in [6.07, 6.45) is 2.80. The van der Waals surface area contributed by atoms with Crippen molar-refractivity contribution in [2.45, 2.75) is 6.42 Å². The average molecular weight is 314 g/mol. The van der Waals surface area contributed by atoms with Crippen LogP contribution < -0.4 is 5.32 Å². The molecule has 0 bridgehead atoms. The standard InChI is InChI=1S/C16H12F2N4O/c17-12-5-2-1-4-11(12)10-15(23)20-14-7-9-22(21-14)16-13(18)6-3-8-19-16/h1-9H,10H2,(H,20,21,23). The Balaban J connectivity index is 1.71. The van der Waals surface area contributed by atoms with Gasteiger partial charge in [0.25, 0.3) is 0 Å². The van der Waals surface area contributed by atoms with Gasteiger partial charge in [-0.05, 0) is 23.8 Å². The van der Waals surface area contributed by atoms with Crippen molar-refractivity contribution in [1.82, 2.24) is 14.8 Å². The van der Waals surface area contributed by atoms with E-state index in [-0.39, 0.29) is 18.1 Å². The van der Waals surface area contributed by atoms with E-state index in [1.54, 1.807) is 12.1 Å². The summed E-state index contributed by atoms with van der Waals surface area (Å²) in [6, 6.07) is 10.3. The van der Waals surface area contributed by atoms with Crippen molar-refractivity contribution in [1.29, 1.82) is 0 Å². The van der Waals surface area contributed by atoms with Crippen molar-refractivity contribution < 1.29 is 13.6 Å². The van der Waals surface area contributed by atoms with Crippen molar-refractivity contribution >= 4 is 11.7 Å². The lowest BCUT2D eigenvalue weighted by Gasteiger charge is -2.04. The van der Waals surface area contributed by atoms with E-state index in [1.807, 2.05) is 0 Å². The Labute approximate surface area is 130 Å². The number of hydrogen-bond donors (Lipinski definition) is 1. The van der Waals surface area contributed by atoms with Crippen LogP contribution in [-0.2, 0) is 11.2 Å². The molecule has 0 unspecified atom stereocenters. The van der Waals surface area contributed by atoms with Crippen molar-refractivity contribution in [2.24, 2.45) is 0 Å². The van der Waals surface area contributed by atoms with Crippen molar-refractivity contribution in [3.63, 3.8) is 0 Å². The molecule has 23 heavy (non-hydrogen) atoms. The van der Waals surface area contributed by atoms with E-state index >= 15 is 0 Å². The van der Waals surface area contributed by atoms with Gasteiger partial charge in [0.15, 0.2) is 17.5 Å². The number of anilines is 1. The number of pyridine rings is 1. The Kier molecular flexibility index (Phi) is 4.09. The fourth-order valence-electron chi connectivity index (χ4n) is 2.06. The van der Waals surface area contributed by atoms with Crippen LogP contribution in [0, 0.1) is 11.6 Å². The Morgan fingerprint density at radius 1 is 1.09 bits per heavy atom. The fourth-order valence-corrected chi connectivity index (χ4v) is 2.06. The molecule has 0 saturated carbocycles. The number of nitrogens with zero attached hydrogens (tertiary/aromatic N) is 3. The molecule has 0 fully saturated rings. The summed E-state index contributed by atoms with van der Waals surface area (Å²) < 4.78 is 28.4. The van der Waals surface area contributed by atoms with Gasteiger partial charge >= 0.3 is 0 Å². The van der Waals surface area contributed by atoms with Gasteiger partial charge in [-0.1, -0.05) is 18.2 Å². The number of nitrogens with one attached hydrogen (secondary N) is 1. The quantitative estimate of drug-likeness (QED) is 0.805. The predicted octanol–water partition coefficient (Wildman–Crippen LogP) is 2.73. The zero-order chi connectivity index (χ0) is 16.2. The first kappa shape index (κ1) is 14.8. The third-order valence-corrected chi connectivity index (χ3v) is 3.12. The van der Waals surface area contributed by atoms with Gasteiger partial charge in [-0.15, -0.1) is 5.10 Å². The highest BCUT2D eigenvalue weighted by Gasteiger charge is 2.11. The number of carbonyl (C=O) groups excluding carboxylic acids is 1. The summed E-state index contributed by atoms with van der Waals surface area (Å²) in [5.41, 5.74) is 0.292. The molecular formula is C16H12F2N4O. The summed E-state index contributed by atoms with van der Waals surface area (Å²) in [5.74, 6) is -1.12. The Hall–Kier alpha value is -3.09. The van der Waals surface area contributed by atoms with Gasteiger partial charge in [-0.3, -0.25) is 4.79 Å². The highest BCUT2D eigenvalue weighted by atomic mass is 19.1. The molecule has 0 aliphatic rings. The molecule has 1 N–H and O–H groups in total. The molecule has 0 spiro atoms.